The summed E-state index contributed by atoms with van der Waals surface area (Å²) in [6.07, 6.45) is 0. The third-order valence-electron chi connectivity index (χ3n) is 5.01. The largest absolute Gasteiger partial charge is 0.457 e. The third-order valence-corrected chi connectivity index (χ3v) is 8.26. The zero-order chi connectivity index (χ0) is 23.4. The summed E-state index contributed by atoms with van der Waals surface area (Å²) in [7, 11) is -3.89. The van der Waals surface area contributed by atoms with Crippen molar-refractivity contribution in [1.82, 2.24) is 4.98 Å². The number of para-hydroxylation sites is 3. The van der Waals surface area contributed by atoms with Crippen molar-refractivity contribution in [2.24, 2.45) is 0 Å². The van der Waals surface area contributed by atoms with E-state index in [0.717, 1.165) is 10.3 Å². The van der Waals surface area contributed by atoms with Crippen LogP contribution in [-0.4, -0.2) is 4.98 Å². The Morgan fingerprint density at radius 1 is 0.765 bits per heavy atom. The second-order valence-electron chi connectivity index (χ2n) is 7.41. The molecule has 0 amide bonds. The van der Waals surface area contributed by atoms with Crippen LogP contribution in [0.3, 0.4) is 0 Å². The van der Waals surface area contributed by atoms with Gasteiger partial charge in [-0.25, -0.2) is 9.55 Å². The highest BCUT2D eigenvalue weighted by Crippen LogP contribution is 2.60. The fraction of sp³-hybridized carbons (Fsp3) is 0.0385. The van der Waals surface area contributed by atoms with E-state index in [1.165, 1.54) is 11.3 Å². The lowest BCUT2D eigenvalue weighted by atomic mass is 10.2. The van der Waals surface area contributed by atoms with Gasteiger partial charge in [-0.15, -0.1) is 0 Å². The van der Waals surface area contributed by atoms with E-state index in [4.69, 9.17) is 20.6 Å². The maximum Gasteiger partial charge on any atom is 0.457 e. The third kappa shape index (κ3) is 4.95. The minimum Gasteiger partial charge on any atom is -0.414 e. The number of halogens is 1. The molecule has 8 heteroatoms. The summed E-state index contributed by atoms with van der Waals surface area (Å²) in [4.78, 5) is 4.65. The number of nitrogens with zero attached hydrogens (tertiary/aromatic N) is 1. The van der Waals surface area contributed by atoms with Crippen molar-refractivity contribution in [2.75, 3.05) is 5.32 Å². The first-order valence-electron chi connectivity index (χ1n) is 10.6. The second kappa shape index (κ2) is 9.90. The molecule has 170 valence electrons. The molecule has 0 bridgehead atoms. The van der Waals surface area contributed by atoms with E-state index in [-0.39, 0.29) is 0 Å². The van der Waals surface area contributed by atoms with Gasteiger partial charge in [-0.1, -0.05) is 95.7 Å². The molecule has 0 saturated heterocycles. The molecule has 1 aromatic heterocycles. The van der Waals surface area contributed by atoms with E-state index in [0.29, 0.717) is 27.2 Å². The molecule has 34 heavy (non-hydrogen) atoms. The van der Waals surface area contributed by atoms with Crippen molar-refractivity contribution in [1.29, 1.82) is 0 Å². The summed E-state index contributed by atoms with van der Waals surface area (Å²) in [6, 6.07) is 33.1. The van der Waals surface area contributed by atoms with Gasteiger partial charge in [-0.05, 0) is 42.0 Å². The number of hydrogen-bond acceptors (Lipinski definition) is 6. The van der Waals surface area contributed by atoms with Crippen LogP contribution in [0, 0.1) is 0 Å². The molecule has 0 aliphatic rings. The molecule has 1 heterocycles. The van der Waals surface area contributed by atoms with E-state index in [1.807, 2.05) is 78.9 Å². The Morgan fingerprint density at radius 2 is 1.32 bits per heavy atom. The number of hydrogen-bond donors (Lipinski definition) is 1. The zero-order valence-corrected chi connectivity index (χ0v) is 20.3. The highest BCUT2D eigenvalue weighted by Gasteiger charge is 2.41. The van der Waals surface area contributed by atoms with Crippen molar-refractivity contribution in [3.8, 4) is 11.5 Å². The molecule has 0 saturated carbocycles. The van der Waals surface area contributed by atoms with Crippen molar-refractivity contribution < 1.29 is 13.6 Å². The lowest BCUT2D eigenvalue weighted by molar-refractivity contribution is 0.376. The summed E-state index contributed by atoms with van der Waals surface area (Å²) < 4.78 is 27.7. The summed E-state index contributed by atoms with van der Waals surface area (Å²) in [5.41, 5.74) is 1.43. The SMILES string of the molecule is O=P(Oc1ccccc1)(Oc1ccccc1)[C@H](Nc1nc2c(Cl)cccc2s1)c1ccccc1. The van der Waals surface area contributed by atoms with Crippen LogP contribution < -0.4 is 14.4 Å². The van der Waals surface area contributed by atoms with E-state index in [9.17, 15) is 4.57 Å². The Morgan fingerprint density at radius 3 is 1.88 bits per heavy atom. The Hall–Kier alpha value is -3.31. The number of benzene rings is 4. The highest BCUT2D eigenvalue weighted by molar-refractivity contribution is 7.55. The lowest BCUT2D eigenvalue weighted by Gasteiger charge is -2.28. The molecule has 0 unspecified atom stereocenters. The summed E-state index contributed by atoms with van der Waals surface area (Å²) in [6.45, 7) is 0. The summed E-state index contributed by atoms with van der Waals surface area (Å²) in [5, 5.41) is 4.45. The fourth-order valence-electron chi connectivity index (χ4n) is 3.45. The molecule has 0 fully saturated rings. The minimum atomic E-state index is -3.89. The summed E-state index contributed by atoms with van der Waals surface area (Å²) >= 11 is 7.76. The van der Waals surface area contributed by atoms with E-state index in [2.05, 4.69) is 10.3 Å². The monoisotopic (exact) mass is 506 g/mol. The molecular weight excluding hydrogens is 487 g/mol. The van der Waals surface area contributed by atoms with Crippen LogP contribution in [0.5, 0.6) is 11.5 Å². The van der Waals surface area contributed by atoms with Gasteiger partial charge in [0.2, 0.25) is 0 Å². The molecule has 5 rings (SSSR count). The minimum absolute atomic E-state index is 0.442. The summed E-state index contributed by atoms with van der Waals surface area (Å²) in [5.74, 6) is 0.0436. The van der Waals surface area contributed by atoms with Gasteiger partial charge in [-0.2, -0.15) is 0 Å². The highest BCUT2D eigenvalue weighted by atomic mass is 35.5. The zero-order valence-electron chi connectivity index (χ0n) is 17.9. The molecule has 5 nitrogen and oxygen atoms in total. The number of thiazole rings is 1. The molecule has 1 N–H and O–H groups in total. The number of nitrogens with one attached hydrogen (secondary N) is 1. The first-order valence-corrected chi connectivity index (χ1v) is 13.4. The second-order valence-corrected chi connectivity index (χ2v) is 10.8. The Balaban J connectivity index is 1.60. The molecule has 0 aliphatic carbocycles. The van der Waals surface area contributed by atoms with Gasteiger partial charge in [0.25, 0.3) is 0 Å². The molecule has 1 atom stereocenters. The molecule has 0 spiro atoms. The van der Waals surface area contributed by atoms with Gasteiger partial charge >= 0.3 is 7.60 Å². The van der Waals surface area contributed by atoms with Gasteiger partial charge < -0.3 is 14.4 Å². The first-order chi connectivity index (χ1) is 16.6. The lowest BCUT2D eigenvalue weighted by Crippen LogP contribution is -2.18. The van der Waals surface area contributed by atoms with Gasteiger partial charge in [0.15, 0.2) is 10.9 Å². The molecule has 4 aromatic carbocycles. The predicted octanol–water partition coefficient (Wildman–Crippen LogP) is 8.41. The predicted molar refractivity (Wildman–Crippen MR) is 139 cm³/mol. The van der Waals surface area contributed by atoms with E-state index in [1.54, 1.807) is 30.3 Å². The number of anilines is 1. The van der Waals surface area contributed by atoms with Gasteiger partial charge in [-0.3, -0.25) is 0 Å². The van der Waals surface area contributed by atoms with Crippen molar-refractivity contribution in [3.63, 3.8) is 0 Å². The maximum atomic E-state index is 14.6. The van der Waals surface area contributed by atoms with Crippen LogP contribution in [0.2, 0.25) is 5.02 Å². The van der Waals surface area contributed by atoms with Crippen LogP contribution in [0.4, 0.5) is 5.13 Å². The Bertz CT molecular complexity index is 1390. The van der Waals surface area contributed by atoms with Crippen molar-refractivity contribution in [2.45, 2.75) is 5.78 Å². The molecular formula is C26H20ClN2O3PS. The van der Waals surface area contributed by atoms with Crippen LogP contribution in [0.15, 0.2) is 109 Å². The van der Waals surface area contributed by atoms with E-state index >= 15 is 0 Å². The normalized spacial score (nSPS) is 12.3. The van der Waals surface area contributed by atoms with Crippen LogP contribution >= 0.6 is 30.5 Å². The number of rotatable bonds is 8. The Labute approximate surface area is 206 Å². The molecule has 5 aromatic rings. The van der Waals surface area contributed by atoms with Crippen molar-refractivity contribution in [3.05, 3.63) is 120 Å². The van der Waals surface area contributed by atoms with Gasteiger partial charge in [0, 0.05) is 0 Å². The van der Waals surface area contributed by atoms with Crippen LogP contribution in [-0.2, 0) is 4.57 Å². The average molecular weight is 507 g/mol. The first kappa shape index (κ1) is 22.5. The standard InChI is InChI=1S/C26H20ClN2O3PS/c27-22-17-10-18-23-24(22)28-26(34-23)29-25(19-11-4-1-5-12-19)33(30,31-20-13-6-2-7-14-20)32-21-15-8-3-9-16-21/h1-18,25H,(H,28,29)/t25-/m0/s1. The number of aromatic nitrogens is 1. The number of fused-ring (bicyclic) bond motifs is 1. The van der Waals surface area contributed by atoms with Gasteiger partial charge in [0.1, 0.15) is 17.0 Å². The van der Waals surface area contributed by atoms with E-state index < -0.39 is 13.4 Å². The fourth-order valence-corrected chi connectivity index (χ4v) is 6.63. The van der Waals surface area contributed by atoms with Crippen LogP contribution in [0.1, 0.15) is 11.3 Å². The maximum absolute atomic E-state index is 14.6. The van der Waals surface area contributed by atoms with Crippen molar-refractivity contribution >= 4 is 45.9 Å². The van der Waals surface area contributed by atoms with Gasteiger partial charge in [0.05, 0.1) is 9.72 Å². The Kier molecular flexibility index (Phi) is 6.54. The molecule has 0 aliphatic heterocycles. The topological polar surface area (TPSA) is 60.5 Å². The van der Waals surface area contributed by atoms with Crippen LogP contribution in [0.25, 0.3) is 10.2 Å². The smallest absolute Gasteiger partial charge is 0.414 e. The quantitative estimate of drug-likeness (QED) is 0.214. The molecule has 0 radical (unpaired) electrons. The average Bonchev–Trinajstić information content (AvgIpc) is 3.28.